The molecule has 3 heteroatoms. The topological polar surface area (TPSA) is 21.3 Å². The van der Waals surface area contributed by atoms with Gasteiger partial charge in [0.25, 0.3) is 0 Å². The molecule has 0 heterocycles. The molecule has 0 spiro atoms. The van der Waals surface area contributed by atoms with E-state index in [9.17, 15) is 0 Å². The largest absolute Gasteiger partial charge is 0.377 e. The molecule has 1 aliphatic rings. The maximum absolute atomic E-state index is 5.56. The average molecular weight is 284 g/mol. The van der Waals surface area contributed by atoms with Gasteiger partial charge in [0.2, 0.25) is 0 Å². The van der Waals surface area contributed by atoms with E-state index in [0.717, 1.165) is 17.6 Å². The van der Waals surface area contributed by atoms with Crippen LogP contribution in [0.2, 0.25) is 0 Å². The fourth-order valence-electron chi connectivity index (χ4n) is 2.06. The summed E-state index contributed by atoms with van der Waals surface area (Å²) < 4.78 is 6.69. The standard InChI is InChI=1S/C13H18BrNO/c1-16-13(7-2-8-13)10-15-9-11-3-5-12(14)6-4-11/h3-6,15H,2,7-10H2,1H3. The lowest BCUT2D eigenvalue weighted by molar-refractivity contribution is -0.0695. The van der Waals surface area contributed by atoms with Crippen molar-refractivity contribution in [1.29, 1.82) is 0 Å². The third-order valence-corrected chi connectivity index (χ3v) is 3.92. The summed E-state index contributed by atoms with van der Waals surface area (Å²) in [4.78, 5) is 0. The first-order valence-corrected chi connectivity index (χ1v) is 6.54. The van der Waals surface area contributed by atoms with Crippen LogP contribution in [-0.2, 0) is 11.3 Å². The van der Waals surface area contributed by atoms with Gasteiger partial charge in [-0.05, 0) is 37.0 Å². The van der Waals surface area contributed by atoms with Crippen LogP contribution in [-0.4, -0.2) is 19.3 Å². The van der Waals surface area contributed by atoms with E-state index >= 15 is 0 Å². The third kappa shape index (κ3) is 2.84. The fourth-order valence-corrected chi connectivity index (χ4v) is 2.33. The van der Waals surface area contributed by atoms with Crippen molar-refractivity contribution >= 4 is 15.9 Å². The second-order valence-electron chi connectivity index (χ2n) is 4.47. The average Bonchev–Trinajstić information content (AvgIpc) is 2.25. The number of rotatable bonds is 5. The molecular formula is C13H18BrNO. The predicted octanol–water partition coefficient (Wildman–Crippen LogP) is 3.11. The number of nitrogens with one attached hydrogen (secondary N) is 1. The van der Waals surface area contributed by atoms with Gasteiger partial charge in [0.15, 0.2) is 0 Å². The van der Waals surface area contributed by atoms with Crippen molar-refractivity contribution in [2.75, 3.05) is 13.7 Å². The molecule has 1 aromatic carbocycles. The number of methoxy groups -OCH3 is 1. The highest BCUT2D eigenvalue weighted by molar-refractivity contribution is 9.10. The van der Waals surface area contributed by atoms with Gasteiger partial charge >= 0.3 is 0 Å². The zero-order valence-corrected chi connectivity index (χ0v) is 11.2. The van der Waals surface area contributed by atoms with Gasteiger partial charge in [-0.1, -0.05) is 28.1 Å². The number of hydrogen-bond donors (Lipinski definition) is 1. The molecule has 1 aliphatic carbocycles. The summed E-state index contributed by atoms with van der Waals surface area (Å²) in [5, 5.41) is 3.47. The van der Waals surface area contributed by atoms with Gasteiger partial charge in [-0.25, -0.2) is 0 Å². The molecule has 0 unspecified atom stereocenters. The maximum atomic E-state index is 5.56. The summed E-state index contributed by atoms with van der Waals surface area (Å²) in [5.41, 5.74) is 1.43. The Balaban J connectivity index is 1.77. The lowest BCUT2D eigenvalue weighted by atomic mass is 9.80. The van der Waals surface area contributed by atoms with E-state index in [0.29, 0.717) is 0 Å². The first-order chi connectivity index (χ1) is 7.74. The summed E-state index contributed by atoms with van der Waals surface area (Å²) in [7, 11) is 1.82. The molecule has 0 amide bonds. The van der Waals surface area contributed by atoms with Crippen LogP contribution in [0.4, 0.5) is 0 Å². The molecular weight excluding hydrogens is 266 g/mol. The van der Waals surface area contributed by atoms with Crippen LogP contribution in [0.25, 0.3) is 0 Å². The number of halogens is 1. The Morgan fingerprint density at radius 3 is 2.50 bits per heavy atom. The zero-order chi connectivity index (χ0) is 11.4. The monoisotopic (exact) mass is 283 g/mol. The Bertz CT molecular complexity index is 327. The molecule has 0 saturated heterocycles. The Hall–Kier alpha value is -0.380. The highest BCUT2D eigenvalue weighted by Crippen LogP contribution is 2.34. The van der Waals surface area contributed by atoms with Crippen molar-refractivity contribution < 1.29 is 4.74 Å². The molecule has 1 aromatic rings. The molecule has 2 rings (SSSR count). The normalized spacial score (nSPS) is 18.1. The summed E-state index contributed by atoms with van der Waals surface area (Å²) in [6.45, 7) is 1.87. The Morgan fingerprint density at radius 1 is 1.31 bits per heavy atom. The van der Waals surface area contributed by atoms with Crippen LogP contribution in [0, 0.1) is 0 Å². The van der Waals surface area contributed by atoms with E-state index in [2.05, 4.69) is 45.5 Å². The van der Waals surface area contributed by atoms with Gasteiger partial charge in [-0.15, -0.1) is 0 Å². The van der Waals surface area contributed by atoms with Crippen molar-refractivity contribution in [3.8, 4) is 0 Å². The molecule has 16 heavy (non-hydrogen) atoms. The van der Waals surface area contributed by atoms with E-state index in [1.54, 1.807) is 0 Å². The molecule has 1 N–H and O–H groups in total. The summed E-state index contributed by atoms with van der Waals surface area (Å²) in [5.74, 6) is 0. The Morgan fingerprint density at radius 2 is 2.00 bits per heavy atom. The van der Waals surface area contributed by atoms with Gasteiger partial charge in [0.1, 0.15) is 0 Å². The SMILES string of the molecule is COC1(CNCc2ccc(Br)cc2)CCC1. The second kappa shape index (κ2) is 5.30. The van der Waals surface area contributed by atoms with Crippen LogP contribution in [0.1, 0.15) is 24.8 Å². The quantitative estimate of drug-likeness (QED) is 0.897. The van der Waals surface area contributed by atoms with E-state index < -0.39 is 0 Å². The summed E-state index contributed by atoms with van der Waals surface area (Å²) in [6.07, 6.45) is 3.68. The van der Waals surface area contributed by atoms with Crippen molar-refractivity contribution in [1.82, 2.24) is 5.32 Å². The van der Waals surface area contributed by atoms with Crippen LogP contribution in [0.5, 0.6) is 0 Å². The first-order valence-electron chi connectivity index (χ1n) is 5.74. The smallest absolute Gasteiger partial charge is 0.0802 e. The summed E-state index contributed by atoms with van der Waals surface area (Å²) >= 11 is 3.44. The summed E-state index contributed by atoms with van der Waals surface area (Å²) in [6, 6.07) is 8.42. The highest BCUT2D eigenvalue weighted by Gasteiger charge is 2.36. The van der Waals surface area contributed by atoms with Gasteiger partial charge in [-0.2, -0.15) is 0 Å². The zero-order valence-electron chi connectivity index (χ0n) is 9.63. The highest BCUT2D eigenvalue weighted by atomic mass is 79.9. The van der Waals surface area contributed by atoms with Gasteiger partial charge in [-0.3, -0.25) is 0 Å². The minimum atomic E-state index is 0.120. The lowest BCUT2D eigenvalue weighted by Gasteiger charge is -2.40. The van der Waals surface area contributed by atoms with Crippen LogP contribution >= 0.6 is 15.9 Å². The molecule has 0 aromatic heterocycles. The lowest BCUT2D eigenvalue weighted by Crippen LogP contribution is -2.47. The predicted molar refractivity (Wildman–Crippen MR) is 69.4 cm³/mol. The van der Waals surface area contributed by atoms with Crippen LogP contribution in [0.15, 0.2) is 28.7 Å². The maximum Gasteiger partial charge on any atom is 0.0802 e. The van der Waals surface area contributed by atoms with Gasteiger partial charge in [0.05, 0.1) is 5.60 Å². The van der Waals surface area contributed by atoms with Gasteiger partial charge in [0, 0.05) is 24.7 Å². The van der Waals surface area contributed by atoms with Crippen LogP contribution < -0.4 is 5.32 Å². The molecule has 0 radical (unpaired) electrons. The van der Waals surface area contributed by atoms with Crippen molar-refractivity contribution in [2.45, 2.75) is 31.4 Å². The molecule has 88 valence electrons. The fraction of sp³-hybridized carbons (Fsp3) is 0.538. The van der Waals surface area contributed by atoms with Gasteiger partial charge < -0.3 is 10.1 Å². The van der Waals surface area contributed by atoms with E-state index in [1.807, 2.05) is 7.11 Å². The minimum absolute atomic E-state index is 0.120. The molecule has 1 saturated carbocycles. The molecule has 2 nitrogen and oxygen atoms in total. The van der Waals surface area contributed by atoms with E-state index in [-0.39, 0.29) is 5.60 Å². The Kier molecular flexibility index (Phi) is 4.00. The van der Waals surface area contributed by atoms with E-state index in [4.69, 9.17) is 4.74 Å². The third-order valence-electron chi connectivity index (χ3n) is 3.39. The number of benzene rings is 1. The van der Waals surface area contributed by atoms with Crippen LogP contribution in [0.3, 0.4) is 0 Å². The molecule has 1 fully saturated rings. The Labute approximate surface area is 106 Å². The minimum Gasteiger partial charge on any atom is -0.377 e. The molecule has 0 atom stereocenters. The first kappa shape index (κ1) is 12.1. The second-order valence-corrected chi connectivity index (χ2v) is 5.39. The number of hydrogen-bond acceptors (Lipinski definition) is 2. The molecule has 0 bridgehead atoms. The number of ether oxygens (including phenoxy) is 1. The van der Waals surface area contributed by atoms with E-state index in [1.165, 1.54) is 24.8 Å². The van der Waals surface area contributed by atoms with Crippen molar-refractivity contribution in [3.05, 3.63) is 34.3 Å². The molecule has 0 aliphatic heterocycles. The van der Waals surface area contributed by atoms with Crippen molar-refractivity contribution in [2.24, 2.45) is 0 Å². The van der Waals surface area contributed by atoms with Crippen molar-refractivity contribution in [3.63, 3.8) is 0 Å².